The summed E-state index contributed by atoms with van der Waals surface area (Å²) in [5, 5.41) is 2.49. The van der Waals surface area contributed by atoms with E-state index in [1.807, 2.05) is 24.3 Å². The number of amides is 2. The largest absolute Gasteiger partial charge is 0.320 e. The third kappa shape index (κ3) is 3.68. The average molecular weight is 324 g/mol. The Morgan fingerprint density at radius 2 is 1.88 bits per heavy atom. The standard InChI is InChI=1S/C19H17FN2O2/c20-16-4-1-2-5-17(16)21-18(23)12-9-14-7-10-15(11-8-14)22-13-3-6-19(22)24/h1-2,4-5,7-12H,3,6,13H2,(H,21,23). The molecule has 0 spiro atoms. The van der Waals surface area contributed by atoms with Crippen molar-refractivity contribution >= 4 is 29.3 Å². The molecule has 0 bridgehead atoms. The van der Waals surface area contributed by atoms with Crippen LogP contribution in [0.2, 0.25) is 0 Å². The first-order valence-electron chi connectivity index (χ1n) is 7.77. The Bertz CT molecular complexity index is 784. The van der Waals surface area contributed by atoms with Crippen molar-refractivity contribution in [1.29, 1.82) is 0 Å². The van der Waals surface area contributed by atoms with E-state index < -0.39 is 11.7 Å². The number of benzene rings is 2. The molecule has 24 heavy (non-hydrogen) atoms. The minimum atomic E-state index is -0.473. The molecule has 1 N–H and O–H groups in total. The summed E-state index contributed by atoms with van der Waals surface area (Å²) in [6, 6.07) is 13.4. The van der Waals surface area contributed by atoms with Gasteiger partial charge in [0.05, 0.1) is 5.69 Å². The molecule has 2 aromatic carbocycles. The summed E-state index contributed by atoms with van der Waals surface area (Å²) in [4.78, 5) is 25.3. The molecule has 0 aromatic heterocycles. The number of nitrogens with zero attached hydrogens (tertiary/aromatic N) is 1. The van der Waals surface area contributed by atoms with Crippen LogP contribution in [0.4, 0.5) is 15.8 Å². The Morgan fingerprint density at radius 3 is 2.54 bits per heavy atom. The fourth-order valence-electron chi connectivity index (χ4n) is 2.60. The van der Waals surface area contributed by atoms with Crippen LogP contribution >= 0.6 is 0 Å². The molecule has 0 unspecified atom stereocenters. The fourth-order valence-corrected chi connectivity index (χ4v) is 2.60. The minimum Gasteiger partial charge on any atom is -0.320 e. The number of para-hydroxylation sites is 1. The molecule has 5 heteroatoms. The second-order valence-electron chi connectivity index (χ2n) is 5.54. The van der Waals surface area contributed by atoms with Gasteiger partial charge < -0.3 is 10.2 Å². The molecule has 2 aromatic rings. The highest BCUT2D eigenvalue weighted by atomic mass is 19.1. The van der Waals surface area contributed by atoms with Gasteiger partial charge in [0.1, 0.15) is 5.82 Å². The maximum atomic E-state index is 13.5. The molecule has 0 aliphatic carbocycles. The van der Waals surface area contributed by atoms with Crippen molar-refractivity contribution in [2.24, 2.45) is 0 Å². The van der Waals surface area contributed by atoms with E-state index in [0.717, 1.165) is 24.2 Å². The zero-order valence-electron chi connectivity index (χ0n) is 13.0. The number of anilines is 2. The summed E-state index contributed by atoms with van der Waals surface area (Å²) in [5.41, 5.74) is 1.84. The smallest absolute Gasteiger partial charge is 0.248 e. The summed E-state index contributed by atoms with van der Waals surface area (Å²) in [6.07, 6.45) is 4.47. The summed E-state index contributed by atoms with van der Waals surface area (Å²) < 4.78 is 13.5. The molecular weight excluding hydrogens is 307 g/mol. The summed E-state index contributed by atoms with van der Waals surface area (Å²) in [6.45, 7) is 0.749. The van der Waals surface area contributed by atoms with Crippen LogP contribution < -0.4 is 10.2 Å². The third-order valence-corrected chi connectivity index (χ3v) is 3.84. The van der Waals surface area contributed by atoms with Crippen LogP contribution in [0.5, 0.6) is 0 Å². The Balaban J connectivity index is 1.63. The lowest BCUT2D eigenvalue weighted by molar-refractivity contribution is -0.117. The number of nitrogens with one attached hydrogen (secondary N) is 1. The lowest BCUT2D eigenvalue weighted by Gasteiger charge is -2.15. The SMILES string of the molecule is O=C(C=Cc1ccc(N2CCCC2=O)cc1)Nc1ccccc1F. The molecule has 0 saturated carbocycles. The quantitative estimate of drug-likeness (QED) is 0.874. The van der Waals surface area contributed by atoms with Crippen LogP contribution in [-0.4, -0.2) is 18.4 Å². The van der Waals surface area contributed by atoms with Gasteiger partial charge in [0.25, 0.3) is 0 Å². The van der Waals surface area contributed by atoms with Gasteiger partial charge in [-0.2, -0.15) is 0 Å². The van der Waals surface area contributed by atoms with Crippen molar-refractivity contribution < 1.29 is 14.0 Å². The first-order valence-corrected chi connectivity index (χ1v) is 7.77. The van der Waals surface area contributed by atoms with Crippen molar-refractivity contribution in [3.8, 4) is 0 Å². The Hall–Kier alpha value is -2.95. The first-order chi connectivity index (χ1) is 11.6. The molecule has 1 aliphatic heterocycles. The van der Waals surface area contributed by atoms with Gasteiger partial charge in [0.15, 0.2) is 0 Å². The molecule has 1 aliphatic rings. The molecule has 0 atom stereocenters. The van der Waals surface area contributed by atoms with Gasteiger partial charge in [-0.25, -0.2) is 4.39 Å². The lowest BCUT2D eigenvalue weighted by atomic mass is 10.2. The number of hydrogen-bond donors (Lipinski definition) is 1. The number of carbonyl (C=O) groups excluding carboxylic acids is 2. The highest BCUT2D eigenvalue weighted by molar-refractivity contribution is 6.02. The Morgan fingerprint density at radius 1 is 1.12 bits per heavy atom. The van der Waals surface area contributed by atoms with E-state index in [2.05, 4.69) is 5.32 Å². The Kier molecular flexibility index (Phi) is 4.70. The van der Waals surface area contributed by atoms with Crippen molar-refractivity contribution in [2.45, 2.75) is 12.8 Å². The number of rotatable bonds is 4. The normalized spacial score (nSPS) is 14.4. The van der Waals surface area contributed by atoms with Crippen LogP contribution in [0.15, 0.2) is 54.6 Å². The van der Waals surface area contributed by atoms with Crippen LogP contribution in [0, 0.1) is 5.82 Å². The predicted molar refractivity (Wildman–Crippen MR) is 92.1 cm³/mol. The van der Waals surface area contributed by atoms with Gasteiger partial charge in [-0.05, 0) is 42.3 Å². The van der Waals surface area contributed by atoms with Crippen molar-refractivity contribution in [3.05, 3.63) is 66.0 Å². The van der Waals surface area contributed by atoms with Gasteiger partial charge in [-0.15, -0.1) is 0 Å². The molecule has 3 rings (SSSR count). The number of halogens is 1. The van der Waals surface area contributed by atoms with E-state index in [1.165, 1.54) is 18.2 Å². The van der Waals surface area contributed by atoms with E-state index >= 15 is 0 Å². The Labute approximate surface area is 139 Å². The highest BCUT2D eigenvalue weighted by Crippen LogP contribution is 2.22. The van der Waals surface area contributed by atoms with Crippen LogP contribution in [0.1, 0.15) is 18.4 Å². The summed E-state index contributed by atoms with van der Waals surface area (Å²) in [7, 11) is 0. The van der Waals surface area contributed by atoms with Crippen molar-refractivity contribution in [1.82, 2.24) is 0 Å². The number of hydrogen-bond acceptors (Lipinski definition) is 2. The molecule has 0 radical (unpaired) electrons. The van der Waals surface area contributed by atoms with Gasteiger partial charge in [-0.1, -0.05) is 24.3 Å². The monoisotopic (exact) mass is 324 g/mol. The zero-order valence-corrected chi connectivity index (χ0v) is 13.0. The summed E-state index contributed by atoms with van der Waals surface area (Å²) in [5.74, 6) is -0.736. The van der Waals surface area contributed by atoms with E-state index in [9.17, 15) is 14.0 Å². The maximum absolute atomic E-state index is 13.5. The van der Waals surface area contributed by atoms with Crippen molar-refractivity contribution in [2.75, 3.05) is 16.8 Å². The minimum absolute atomic E-state index is 0.141. The van der Waals surface area contributed by atoms with Gasteiger partial charge in [0.2, 0.25) is 11.8 Å². The fraction of sp³-hybridized carbons (Fsp3) is 0.158. The highest BCUT2D eigenvalue weighted by Gasteiger charge is 2.21. The average Bonchev–Trinajstić information content (AvgIpc) is 3.02. The molecule has 2 amide bonds. The summed E-state index contributed by atoms with van der Waals surface area (Å²) >= 11 is 0. The third-order valence-electron chi connectivity index (χ3n) is 3.84. The van der Waals surface area contributed by atoms with E-state index in [4.69, 9.17) is 0 Å². The molecule has 1 heterocycles. The molecule has 122 valence electrons. The van der Waals surface area contributed by atoms with Gasteiger partial charge >= 0.3 is 0 Å². The topological polar surface area (TPSA) is 49.4 Å². The van der Waals surface area contributed by atoms with E-state index in [0.29, 0.717) is 6.42 Å². The maximum Gasteiger partial charge on any atom is 0.248 e. The molecular formula is C19H17FN2O2. The molecule has 4 nitrogen and oxygen atoms in total. The second-order valence-corrected chi connectivity index (χ2v) is 5.54. The first kappa shape index (κ1) is 15.9. The van der Waals surface area contributed by atoms with Crippen LogP contribution in [0.3, 0.4) is 0 Å². The van der Waals surface area contributed by atoms with Gasteiger partial charge in [-0.3, -0.25) is 9.59 Å². The molecule has 1 fully saturated rings. The lowest BCUT2D eigenvalue weighted by Crippen LogP contribution is -2.23. The van der Waals surface area contributed by atoms with Crippen LogP contribution in [-0.2, 0) is 9.59 Å². The van der Waals surface area contributed by atoms with E-state index in [1.54, 1.807) is 23.1 Å². The second kappa shape index (κ2) is 7.08. The van der Waals surface area contributed by atoms with Crippen LogP contribution in [0.25, 0.3) is 6.08 Å². The predicted octanol–water partition coefficient (Wildman–Crippen LogP) is 3.60. The zero-order chi connectivity index (χ0) is 16.9. The van der Waals surface area contributed by atoms with Gasteiger partial charge in [0, 0.05) is 24.7 Å². The molecule has 1 saturated heterocycles. The van der Waals surface area contributed by atoms with E-state index in [-0.39, 0.29) is 11.6 Å². The number of carbonyl (C=O) groups is 2. The van der Waals surface area contributed by atoms with Crippen molar-refractivity contribution in [3.63, 3.8) is 0 Å².